The third-order valence-corrected chi connectivity index (χ3v) is 5.10. The molecule has 1 heterocycles. The summed E-state index contributed by atoms with van der Waals surface area (Å²) in [6, 6.07) is 9.88. The Labute approximate surface area is 164 Å². The van der Waals surface area contributed by atoms with Crippen molar-refractivity contribution >= 4 is 46.3 Å². The summed E-state index contributed by atoms with van der Waals surface area (Å²) in [4.78, 5) is 26.3. The first-order valence-electron chi connectivity index (χ1n) is 8.65. The van der Waals surface area contributed by atoms with Gasteiger partial charge in [0.1, 0.15) is 10.9 Å². The highest BCUT2D eigenvalue weighted by Crippen LogP contribution is 2.31. The fourth-order valence-electron chi connectivity index (χ4n) is 2.41. The van der Waals surface area contributed by atoms with Crippen LogP contribution in [0.1, 0.15) is 38.7 Å². The van der Waals surface area contributed by atoms with Gasteiger partial charge in [0.2, 0.25) is 0 Å². The van der Waals surface area contributed by atoms with Gasteiger partial charge in [0.25, 0.3) is 5.91 Å². The van der Waals surface area contributed by atoms with Crippen molar-refractivity contribution in [2.24, 2.45) is 0 Å². The SMILES string of the molecule is CCCCCOC(=O)CN1C(=O)/C(=C/C(C)=C/c2ccccc2)SC1=S. The number of benzene rings is 1. The summed E-state index contributed by atoms with van der Waals surface area (Å²) in [5, 5.41) is 0. The molecule has 1 aliphatic rings. The molecule has 1 aromatic rings. The minimum atomic E-state index is -0.421. The molecule has 1 saturated heterocycles. The van der Waals surface area contributed by atoms with E-state index in [1.807, 2.05) is 43.3 Å². The molecule has 0 saturated carbocycles. The van der Waals surface area contributed by atoms with Crippen LogP contribution >= 0.6 is 24.0 Å². The number of carbonyl (C=O) groups excluding carboxylic acids is 2. The second kappa shape index (κ2) is 10.3. The molecule has 2 rings (SSSR count). The van der Waals surface area contributed by atoms with Gasteiger partial charge in [-0.3, -0.25) is 14.5 Å². The molecular weight excluding hydrogens is 366 g/mol. The summed E-state index contributed by atoms with van der Waals surface area (Å²) in [5.41, 5.74) is 2.01. The molecule has 1 aromatic carbocycles. The van der Waals surface area contributed by atoms with Crippen LogP contribution in [0.3, 0.4) is 0 Å². The zero-order valence-corrected chi connectivity index (χ0v) is 16.7. The van der Waals surface area contributed by atoms with Gasteiger partial charge in [-0.1, -0.05) is 80.2 Å². The minimum Gasteiger partial charge on any atom is -0.464 e. The highest BCUT2D eigenvalue weighted by molar-refractivity contribution is 8.26. The summed E-state index contributed by atoms with van der Waals surface area (Å²) in [7, 11) is 0. The summed E-state index contributed by atoms with van der Waals surface area (Å²) in [6.45, 7) is 4.27. The Morgan fingerprint density at radius 2 is 2.00 bits per heavy atom. The summed E-state index contributed by atoms with van der Waals surface area (Å²) in [5.74, 6) is -0.665. The average molecular weight is 390 g/mol. The number of hydrogen-bond donors (Lipinski definition) is 0. The molecule has 0 radical (unpaired) electrons. The first kappa shape index (κ1) is 20.4. The quantitative estimate of drug-likeness (QED) is 0.282. The smallest absolute Gasteiger partial charge is 0.326 e. The van der Waals surface area contributed by atoms with E-state index < -0.39 is 5.97 Å². The largest absolute Gasteiger partial charge is 0.464 e. The van der Waals surface area contributed by atoms with E-state index in [-0.39, 0.29) is 12.5 Å². The lowest BCUT2D eigenvalue weighted by Crippen LogP contribution is -2.34. The van der Waals surface area contributed by atoms with Gasteiger partial charge in [0, 0.05) is 0 Å². The van der Waals surface area contributed by atoms with Gasteiger partial charge < -0.3 is 4.74 Å². The summed E-state index contributed by atoms with van der Waals surface area (Å²) < 4.78 is 5.55. The molecule has 6 heteroatoms. The lowest BCUT2D eigenvalue weighted by atomic mass is 10.1. The van der Waals surface area contributed by atoms with Crippen molar-refractivity contribution in [2.45, 2.75) is 33.1 Å². The van der Waals surface area contributed by atoms with Crippen molar-refractivity contribution in [3.05, 3.63) is 52.4 Å². The van der Waals surface area contributed by atoms with E-state index in [2.05, 4.69) is 6.92 Å². The Balaban J connectivity index is 1.97. The van der Waals surface area contributed by atoms with Crippen molar-refractivity contribution in [1.29, 1.82) is 0 Å². The van der Waals surface area contributed by atoms with Crippen LogP contribution < -0.4 is 0 Å². The number of amides is 1. The fraction of sp³-hybridized carbons (Fsp3) is 0.350. The first-order valence-corrected chi connectivity index (χ1v) is 9.88. The predicted octanol–water partition coefficient (Wildman–Crippen LogP) is 4.57. The number of nitrogens with zero attached hydrogens (tertiary/aromatic N) is 1. The molecule has 0 unspecified atom stereocenters. The van der Waals surface area contributed by atoms with Gasteiger partial charge in [0.05, 0.1) is 11.5 Å². The minimum absolute atomic E-state index is 0.129. The fourth-order valence-corrected chi connectivity index (χ4v) is 3.71. The van der Waals surface area contributed by atoms with Crippen molar-refractivity contribution in [3.8, 4) is 0 Å². The Kier molecular flexibility index (Phi) is 8.06. The number of rotatable bonds is 8. The standard InChI is InChI=1S/C20H23NO3S2/c1-3-4-8-11-24-18(22)14-21-19(23)17(26-20(21)25)13-15(2)12-16-9-6-5-7-10-16/h5-7,9-10,12-13H,3-4,8,11,14H2,1-2H3/b15-12+,17-13-. The molecule has 0 aliphatic carbocycles. The lowest BCUT2D eigenvalue weighted by molar-refractivity contribution is -0.146. The molecule has 0 atom stereocenters. The van der Waals surface area contributed by atoms with Gasteiger partial charge >= 0.3 is 5.97 Å². The van der Waals surface area contributed by atoms with Crippen LogP contribution in [-0.2, 0) is 14.3 Å². The van der Waals surface area contributed by atoms with Crippen molar-refractivity contribution in [1.82, 2.24) is 4.90 Å². The normalized spacial score (nSPS) is 16.5. The van der Waals surface area contributed by atoms with E-state index in [0.717, 1.165) is 30.4 Å². The lowest BCUT2D eigenvalue weighted by Gasteiger charge is -2.13. The predicted molar refractivity (Wildman–Crippen MR) is 111 cm³/mol. The summed E-state index contributed by atoms with van der Waals surface area (Å²) in [6.07, 6.45) is 6.72. The van der Waals surface area contributed by atoms with E-state index >= 15 is 0 Å². The molecule has 1 aliphatic heterocycles. The Hall–Kier alpha value is -1.92. The van der Waals surface area contributed by atoms with Gasteiger partial charge in [0.15, 0.2) is 0 Å². The third kappa shape index (κ3) is 6.11. The number of carbonyl (C=O) groups is 2. The Morgan fingerprint density at radius 3 is 2.69 bits per heavy atom. The molecule has 138 valence electrons. The van der Waals surface area contributed by atoms with E-state index in [9.17, 15) is 9.59 Å². The zero-order valence-electron chi connectivity index (χ0n) is 15.1. The van der Waals surface area contributed by atoms with E-state index in [1.54, 1.807) is 6.08 Å². The first-order chi connectivity index (χ1) is 12.5. The zero-order chi connectivity index (χ0) is 18.9. The Morgan fingerprint density at radius 1 is 1.27 bits per heavy atom. The van der Waals surface area contributed by atoms with Crippen LogP contribution in [0.4, 0.5) is 0 Å². The molecular formula is C20H23NO3S2. The second-order valence-electron chi connectivity index (χ2n) is 5.99. The van der Waals surface area contributed by atoms with Gasteiger partial charge in [-0.2, -0.15) is 0 Å². The number of esters is 1. The highest BCUT2D eigenvalue weighted by atomic mass is 32.2. The van der Waals surface area contributed by atoms with Crippen molar-refractivity contribution < 1.29 is 14.3 Å². The van der Waals surface area contributed by atoms with Gasteiger partial charge in [-0.25, -0.2) is 0 Å². The number of allylic oxidation sites excluding steroid dienone is 2. The molecule has 1 fully saturated rings. The summed E-state index contributed by atoms with van der Waals surface area (Å²) >= 11 is 6.46. The number of ether oxygens (including phenoxy) is 1. The van der Waals surface area contributed by atoms with Crippen LogP contribution in [0.15, 0.2) is 46.9 Å². The topological polar surface area (TPSA) is 46.6 Å². The van der Waals surface area contributed by atoms with Gasteiger partial charge in [-0.15, -0.1) is 0 Å². The second-order valence-corrected chi connectivity index (χ2v) is 7.67. The van der Waals surface area contributed by atoms with Crippen LogP contribution in [-0.4, -0.2) is 34.2 Å². The van der Waals surface area contributed by atoms with E-state index in [0.29, 0.717) is 15.8 Å². The molecule has 1 amide bonds. The molecule has 0 N–H and O–H groups in total. The van der Waals surface area contributed by atoms with Crippen molar-refractivity contribution in [2.75, 3.05) is 13.2 Å². The number of thioether (sulfide) groups is 1. The van der Waals surface area contributed by atoms with E-state index in [1.165, 1.54) is 16.7 Å². The highest BCUT2D eigenvalue weighted by Gasteiger charge is 2.33. The maximum atomic E-state index is 12.5. The van der Waals surface area contributed by atoms with Gasteiger partial charge in [-0.05, 0) is 30.6 Å². The van der Waals surface area contributed by atoms with E-state index in [4.69, 9.17) is 17.0 Å². The average Bonchev–Trinajstić information content (AvgIpc) is 2.87. The number of unbranched alkanes of at least 4 members (excludes halogenated alkanes) is 2. The van der Waals surface area contributed by atoms with Crippen LogP contribution in [0.2, 0.25) is 0 Å². The molecule has 4 nitrogen and oxygen atoms in total. The monoisotopic (exact) mass is 389 g/mol. The molecule has 26 heavy (non-hydrogen) atoms. The molecule has 0 spiro atoms. The molecule has 0 aromatic heterocycles. The van der Waals surface area contributed by atoms with Crippen molar-refractivity contribution in [3.63, 3.8) is 0 Å². The van der Waals surface area contributed by atoms with Crippen LogP contribution in [0, 0.1) is 0 Å². The number of hydrogen-bond acceptors (Lipinski definition) is 5. The van der Waals surface area contributed by atoms with Crippen LogP contribution in [0.25, 0.3) is 6.08 Å². The Bertz CT molecular complexity index is 726. The number of thiocarbonyl (C=S) groups is 1. The van der Waals surface area contributed by atoms with Crippen LogP contribution in [0.5, 0.6) is 0 Å². The maximum absolute atomic E-state index is 12.5. The maximum Gasteiger partial charge on any atom is 0.326 e. The molecule has 0 bridgehead atoms. The third-order valence-electron chi connectivity index (χ3n) is 3.72.